The molecule has 1 aromatic heterocycles. The van der Waals surface area contributed by atoms with Crippen LogP contribution < -0.4 is 5.73 Å². The van der Waals surface area contributed by atoms with Crippen LogP contribution in [-0.4, -0.2) is 34.5 Å². The first-order valence-corrected chi connectivity index (χ1v) is 6.80. The minimum absolute atomic E-state index is 0.105. The fourth-order valence-corrected chi connectivity index (χ4v) is 2.54. The number of hydrogen-bond donors (Lipinski definition) is 2. The number of aliphatic imine (C=N–C) groups is 1. The number of carboxylic acids is 1. The van der Waals surface area contributed by atoms with Crippen LogP contribution in [0.25, 0.3) is 0 Å². The Morgan fingerprint density at radius 1 is 1.50 bits per heavy atom. The zero-order valence-electron chi connectivity index (χ0n) is 11.6. The molecule has 1 aliphatic heterocycles. The number of halogens is 3. The summed E-state index contributed by atoms with van der Waals surface area (Å²) in [7, 11) is 0. The number of aromatic nitrogens is 1. The van der Waals surface area contributed by atoms with E-state index in [1.807, 2.05) is 0 Å². The van der Waals surface area contributed by atoms with Crippen LogP contribution in [0.3, 0.4) is 0 Å². The molecule has 3 atom stereocenters. The van der Waals surface area contributed by atoms with Crippen LogP contribution in [0, 0.1) is 0 Å². The van der Waals surface area contributed by atoms with E-state index in [9.17, 15) is 23.1 Å². The minimum Gasteiger partial charge on any atom is -0.480 e. The maximum atomic E-state index is 12.4. The first-order valence-electron chi connectivity index (χ1n) is 6.80. The summed E-state index contributed by atoms with van der Waals surface area (Å²) in [6.07, 6.45) is -1.44. The van der Waals surface area contributed by atoms with Crippen LogP contribution in [0.4, 0.5) is 13.2 Å². The lowest BCUT2D eigenvalue weighted by molar-refractivity contribution is -0.139. The molecule has 0 fully saturated rings. The van der Waals surface area contributed by atoms with Crippen molar-refractivity contribution in [1.29, 1.82) is 0 Å². The molecule has 1 aliphatic rings. The van der Waals surface area contributed by atoms with E-state index in [1.54, 1.807) is 12.3 Å². The number of carboxylic acid groups (broad SMARTS) is 1. The third-order valence-corrected chi connectivity index (χ3v) is 3.57. The van der Waals surface area contributed by atoms with Crippen LogP contribution in [0.15, 0.2) is 23.3 Å². The van der Waals surface area contributed by atoms with Crippen molar-refractivity contribution >= 4 is 12.2 Å². The lowest BCUT2D eigenvalue weighted by Gasteiger charge is -2.25. The predicted molar refractivity (Wildman–Crippen MR) is 73.7 cm³/mol. The summed E-state index contributed by atoms with van der Waals surface area (Å²) in [5, 5.41) is 9.20. The molecule has 1 aromatic rings. The van der Waals surface area contributed by atoms with Crippen molar-refractivity contribution in [2.45, 2.75) is 43.4 Å². The molecule has 0 spiro atoms. The van der Waals surface area contributed by atoms with Crippen molar-refractivity contribution < 1.29 is 23.1 Å². The highest BCUT2D eigenvalue weighted by molar-refractivity contribution is 5.78. The zero-order chi connectivity index (χ0) is 16.3. The van der Waals surface area contributed by atoms with Gasteiger partial charge in [-0.1, -0.05) is 0 Å². The third kappa shape index (κ3) is 4.03. The molecular weight excluding hydrogens is 299 g/mol. The standard InChI is InChI=1S/C14H16F3N3O2/c15-14(16,17)7-10(18)11-6-8(3-5-19-11)9-2-1-4-20-12(9)13(21)22/h3-6,9-10,12H,1-2,7,18H2,(H,21,22). The number of nitrogens with zero attached hydrogens (tertiary/aromatic N) is 2. The second-order valence-electron chi connectivity index (χ2n) is 5.24. The normalized spacial score (nSPS) is 23.3. The van der Waals surface area contributed by atoms with Crippen molar-refractivity contribution in [1.82, 2.24) is 4.98 Å². The van der Waals surface area contributed by atoms with Crippen LogP contribution in [0.2, 0.25) is 0 Å². The first-order chi connectivity index (χ1) is 10.3. The molecule has 3 N–H and O–H groups in total. The Labute approximate surface area is 125 Å². The second kappa shape index (κ2) is 6.43. The average Bonchev–Trinajstić information content (AvgIpc) is 2.45. The molecule has 2 rings (SSSR count). The summed E-state index contributed by atoms with van der Waals surface area (Å²) in [4.78, 5) is 19.1. The van der Waals surface area contributed by atoms with Gasteiger partial charge in [0.05, 0.1) is 18.2 Å². The van der Waals surface area contributed by atoms with Gasteiger partial charge in [-0.15, -0.1) is 0 Å². The molecule has 2 heterocycles. The molecule has 0 radical (unpaired) electrons. The van der Waals surface area contributed by atoms with E-state index in [0.717, 1.165) is 0 Å². The van der Waals surface area contributed by atoms with Crippen molar-refractivity contribution in [2.24, 2.45) is 10.7 Å². The zero-order valence-corrected chi connectivity index (χ0v) is 11.6. The van der Waals surface area contributed by atoms with E-state index >= 15 is 0 Å². The molecule has 0 bridgehead atoms. The van der Waals surface area contributed by atoms with Gasteiger partial charge >= 0.3 is 12.1 Å². The highest BCUT2D eigenvalue weighted by Crippen LogP contribution is 2.32. The number of hydrogen-bond acceptors (Lipinski definition) is 4. The summed E-state index contributed by atoms with van der Waals surface area (Å²) in [5.74, 6) is -1.44. The average molecular weight is 315 g/mol. The highest BCUT2D eigenvalue weighted by atomic mass is 19.4. The van der Waals surface area contributed by atoms with Crippen molar-refractivity contribution in [3.63, 3.8) is 0 Å². The molecule has 5 nitrogen and oxygen atoms in total. The fourth-order valence-electron chi connectivity index (χ4n) is 2.54. The van der Waals surface area contributed by atoms with Crippen LogP contribution in [0.1, 0.15) is 42.5 Å². The summed E-state index contributed by atoms with van der Waals surface area (Å²) < 4.78 is 37.2. The Hall–Kier alpha value is -1.96. The SMILES string of the molecule is NC(CC(F)(F)F)c1cc(C2CCC=NC2C(=O)O)ccn1. The lowest BCUT2D eigenvalue weighted by Crippen LogP contribution is -2.29. The van der Waals surface area contributed by atoms with Crippen molar-refractivity contribution in [3.05, 3.63) is 29.6 Å². The first kappa shape index (κ1) is 16.4. The predicted octanol–water partition coefficient (Wildman–Crippen LogP) is 2.44. The number of pyridine rings is 1. The smallest absolute Gasteiger partial charge is 0.390 e. The highest BCUT2D eigenvalue weighted by Gasteiger charge is 2.33. The fraction of sp³-hybridized carbons (Fsp3) is 0.500. The molecule has 3 unspecified atom stereocenters. The molecule has 120 valence electrons. The summed E-state index contributed by atoms with van der Waals surface area (Å²) >= 11 is 0. The topological polar surface area (TPSA) is 88.6 Å². The maximum absolute atomic E-state index is 12.4. The van der Waals surface area contributed by atoms with Crippen LogP contribution in [0.5, 0.6) is 0 Å². The molecule has 0 saturated heterocycles. The number of aliphatic carboxylic acids is 1. The molecule has 8 heteroatoms. The maximum Gasteiger partial charge on any atom is 0.390 e. The Bertz CT molecular complexity index is 575. The number of nitrogens with two attached hydrogens (primary N) is 1. The van der Waals surface area contributed by atoms with Gasteiger partial charge in [-0.05, 0) is 36.8 Å². The summed E-state index contributed by atoms with van der Waals surface area (Å²) in [5.41, 5.74) is 6.25. The summed E-state index contributed by atoms with van der Waals surface area (Å²) in [6.45, 7) is 0. The van der Waals surface area contributed by atoms with Crippen molar-refractivity contribution in [2.75, 3.05) is 0 Å². The van der Waals surface area contributed by atoms with E-state index in [1.165, 1.54) is 12.3 Å². The van der Waals surface area contributed by atoms with Gasteiger partial charge in [0.25, 0.3) is 0 Å². The van der Waals surface area contributed by atoms with Gasteiger partial charge in [0.1, 0.15) is 0 Å². The van der Waals surface area contributed by atoms with E-state index < -0.39 is 30.7 Å². The molecule has 0 saturated carbocycles. The number of rotatable bonds is 4. The van der Waals surface area contributed by atoms with Gasteiger partial charge in [0.15, 0.2) is 6.04 Å². The minimum atomic E-state index is -4.38. The van der Waals surface area contributed by atoms with Gasteiger partial charge in [-0.2, -0.15) is 13.2 Å². The van der Waals surface area contributed by atoms with Crippen LogP contribution in [-0.2, 0) is 4.79 Å². The Kier molecular flexibility index (Phi) is 4.80. The van der Waals surface area contributed by atoms with E-state index in [0.29, 0.717) is 18.4 Å². The molecule has 0 amide bonds. The lowest BCUT2D eigenvalue weighted by atomic mass is 9.86. The van der Waals surface area contributed by atoms with Gasteiger partial charge < -0.3 is 10.8 Å². The summed E-state index contributed by atoms with van der Waals surface area (Å²) in [6, 6.07) is 0.862. The molecular formula is C14H16F3N3O2. The Balaban J connectivity index is 2.24. The Morgan fingerprint density at radius 2 is 2.23 bits per heavy atom. The quantitative estimate of drug-likeness (QED) is 0.893. The van der Waals surface area contributed by atoms with E-state index in [2.05, 4.69) is 9.98 Å². The molecule has 0 aliphatic carbocycles. The largest absolute Gasteiger partial charge is 0.480 e. The third-order valence-electron chi connectivity index (χ3n) is 3.57. The van der Waals surface area contributed by atoms with Gasteiger partial charge in [0, 0.05) is 12.1 Å². The van der Waals surface area contributed by atoms with Crippen molar-refractivity contribution in [3.8, 4) is 0 Å². The van der Waals surface area contributed by atoms with Gasteiger partial charge in [0.2, 0.25) is 0 Å². The van der Waals surface area contributed by atoms with Crippen LogP contribution >= 0.6 is 0 Å². The van der Waals surface area contributed by atoms with E-state index in [-0.39, 0.29) is 11.6 Å². The molecule has 22 heavy (non-hydrogen) atoms. The Morgan fingerprint density at radius 3 is 2.86 bits per heavy atom. The number of alkyl halides is 3. The molecule has 0 aromatic carbocycles. The monoisotopic (exact) mass is 315 g/mol. The second-order valence-corrected chi connectivity index (χ2v) is 5.24. The van der Waals surface area contributed by atoms with E-state index in [4.69, 9.17) is 5.73 Å². The van der Waals surface area contributed by atoms with Gasteiger partial charge in [-0.25, -0.2) is 4.79 Å². The number of carbonyl (C=O) groups is 1. The van der Waals surface area contributed by atoms with Gasteiger partial charge in [-0.3, -0.25) is 9.98 Å².